The highest BCUT2D eigenvalue weighted by atomic mass is 35.5. The Kier molecular flexibility index (Phi) is 5.16. The number of halogens is 2. The molecule has 4 aromatic rings. The Hall–Kier alpha value is -3.71. The number of hydrogen-bond donors (Lipinski definition) is 1. The van der Waals surface area contributed by atoms with Crippen LogP contribution >= 0.6 is 11.6 Å². The number of amides is 2. The maximum Gasteiger partial charge on any atom is 0.230 e. The number of aromatic nitrogens is 2. The van der Waals surface area contributed by atoms with Crippen molar-refractivity contribution in [2.75, 3.05) is 4.90 Å². The van der Waals surface area contributed by atoms with Crippen LogP contribution in [-0.4, -0.2) is 21.6 Å². The van der Waals surface area contributed by atoms with Crippen molar-refractivity contribution in [2.45, 2.75) is 25.8 Å². The van der Waals surface area contributed by atoms with Gasteiger partial charge in [-0.1, -0.05) is 36.7 Å². The molecule has 1 aliphatic heterocycles. The quantitative estimate of drug-likeness (QED) is 0.395. The zero-order valence-electron chi connectivity index (χ0n) is 19.6. The van der Waals surface area contributed by atoms with Crippen molar-refractivity contribution < 1.29 is 14.0 Å². The van der Waals surface area contributed by atoms with E-state index in [0.717, 1.165) is 22.2 Å². The summed E-state index contributed by atoms with van der Waals surface area (Å²) < 4.78 is 15.1. The average Bonchev–Trinajstić information content (AvgIpc) is 3.50. The highest BCUT2D eigenvalue weighted by molar-refractivity contribution is 6.31. The van der Waals surface area contributed by atoms with Crippen LogP contribution in [0.25, 0.3) is 16.6 Å². The van der Waals surface area contributed by atoms with Crippen LogP contribution in [0.5, 0.6) is 0 Å². The normalized spacial score (nSPS) is 22.8. The number of nitrogens with two attached hydrogens (primary N) is 1. The van der Waals surface area contributed by atoms with Gasteiger partial charge in [-0.25, -0.2) is 9.07 Å². The van der Waals surface area contributed by atoms with Gasteiger partial charge >= 0.3 is 0 Å². The van der Waals surface area contributed by atoms with Gasteiger partial charge in [-0.05, 0) is 66.9 Å². The predicted octanol–water partition coefficient (Wildman–Crippen LogP) is 5.42. The molecule has 8 heteroatoms. The molecule has 6 nitrogen and oxygen atoms in total. The van der Waals surface area contributed by atoms with Crippen molar-refractivity contribution in [2.24, 2.45) is 23.0 Å². The molecule has 36 heavy (non-hydrogen) atoms. The number of primary amides is 1. The fraction of sp³-hybridized carbons (Fsp3) is 0.250. The smallest absolute Gasteiger partial charge is 0.230 e. The molecule has 0 bridgehead atoms. The minimum Gasteiger partial charge on any atom is -0.369 e. The molecule has 1 aromatic heterocycles. The van der Waals surface area contributed by atoms with Crippen molar-refractivity contribution >= 4 is 40.0 Å². The molecule has 2 amide bonds. The Balaban J connectivity index is 1.48. The van der Waals surface area contributed by atoms with Crippen molar-refractivity contribution in [1.82, 2.24) is 9.78 Å². The van der Waals surface area contributed by atoms with Crippen LogP contribution in [-0.2, 0) is 9.59 Å². The van der Waals surface area contributed by atoms with Crippen molar-refractivity contribution in [3.63, 3.8) is 0 Å². The number of carbonyl (C=O) groups excluding carboxylic acids is 2. The maximum absolute atomic E-state index is 13.8. The van der Waals surface area contributed by atoms with Crippen LogP contribution in [0.3, 0.4) is 0 Å². The van der Waals surface area contributed by atoms with E-state index in [1.54, 1.807) is 34.0 Å². The third-order valence-corrected chi connectivity index (χ3v) is 8.17. The first kappa shape index (κ1) is 22.7. The third-order valence-electron chi connectivity index (χ3n) is 7.83. The lowest BCUT2D eigenvalue weighted by atomic mass is 9.75. The first-order valence-corrected chi connectivity index (χ1v) is 12.3. The van der Waals surface area contributed by atoms with Gasteiger partial charge in [0.15, 0.2) is 0 Å². The fourth-order valence-corrected chi connectivity index (χ4v) is 6.14. The number of carbonyl (C=O) groups is 2. The zero-order chi connectivity index (χ0) is 25.2. The van der Waals surface area contributed by atoms with Gasteiger partial charge in [0.1, 0.15) is 5.82 Å². The highest BCUT2D eigenvalue weighted by Crippen LogP contribution is 2.63. The summed E-state index contributed by atoms with van der Waals surface area (Å²) in [6.07, 6.45) is 3.06. The first-order chi connectivity index (χ1) is 17.3. The second-order valence-electron chi connectivity index (χ2n) is 9.79. The molecule has 1 saturated heterocycles. The second-order valence-corrected chi connectivity index (χ2v) is 10.2. The summed E-state index contributed by atoms with van der Waals surface area (Å²) in [6, 6.07) is 18.8. The summed E-state index contributed by atoms with van der Waals surface area (Å²) in [4.78, 5) is 28.1. The summed E-state index contributed by atoms with van der Waals surface area (Å²) in [5, 5.41) is 5.86. The Morgan fingerprint density at radius 1 is 1.08 bits per heavy atom. The number of fused-ring (bicyclic) bond motifs is 1. The molecule has 182 valence electrons. The van der Waals surface area contributed by atoms with Crippen molar-refractivity contribution in [1.29, 1.82) is 0 Å². The van der Waals surface area contributed by atoms with E-state index in [1.807, 2.05) is 43.3 Å². The standard InChI is InChI=1S/C28H24ClFN4O2/c1-16-24(28(12-13-28)27(31)36)25(21-4-2-3-5-22(21)29)33(26(16)35)20-10-11-23-17(14-20)15-32-34(23)19-8-6-18(30)7-9-19/h2-11,14-16,24-25H,12-13H2,1H3,(H2,31,36)/t16-,24+,25-/m0/s1. The van der Waals surface area contributed by atoms with Gasteiger partial charge in [-0.15, -0.1) is 0 Å². The minimum absolute atomic E-state index is 0.0669. The van der Waals surface area contributed by atoms with E-state index in [4.69, 9.17) is 17.3 Å². The van der Waals surface area contributed by atoms with Crippen LogP contribution in [0.15, 0.2) is 72.9 Å². The molecule has 1 saturated carbocycles. The molecule has 0 unspecified atom stereocenters. The van der Waals surface area contributed by atoms with Gasteiger partial charge in [0.05, 0.1) is 28.9 Å². The van der Waals surface area contributed by atoms with Gasteiger partial charge in [0.25, 0.3) is 0 Å². The topological polar surface area (TPSA) is 81.2 Å². The Morgan fingerprint density at radius 2 is 1.78 bits per heavy atom. The highest BCUT2D eigenvalue weighted by Gasteiger charge is 2.64. The Bertz CT molecular complexity index is 1510. The second kappa shape index (κ2) is 8.17. The summed E-state index contributed by atoms with van der Waals surface area (Å²) >= 11 is 6.65. The van der Waals surface area contributed by atoms with Gasteiger partial charge in [0.2, 0.25) is 11.8 Å². The van der Waals surface area contributed by atoms with Gasteiger partial charge < -0.3 is 10.6 Å². The Labute approximate surface area is 212 Å². The van der Waals surface area contributed by atoms with E-state index in [-0.39, 0.29) is 23.5 Å². The summed E-state index contributed by atoms with van der Waals surface area (Å²) in [6.45, 7) is 1.88. The van der Waals surface area contributed by atoms with E-state index >= 15 is 0 Å². The van der Waals surface area contributed by atoms with Crippen LogP contribution < -0.4 is 10.6 Å². The van der Waals surface area contributed by atoms with Crippen LogP contribution in [0.4, 0.5) is 10.1 Å². The minimum atomic E-state index is -0.717. The fourth-order valence-electron chi connectivity index (χ4n) is 5.90. The van der Waals surface area contributed by atoms with E-state index in [0.29, 0.717) is 23.6 Å². The molecule has 1 aliphatic carbocycles. The maximum atomic E-state index is 13.8. The third kappa shape index (κ3) is 3.33. The van der Waals surface area contributed by atoms with Crippen LogP contribution in [0.2, 0.25) is 5.02 Å². The molecule has 2 aliphatic rings. The van der Waals surface area contributed by atoms with Gasteiger partial charge in [0, 0.05) is 27.9 Å². The van der Waals surface area contributed by atoms with E-state index in [2.05, 4.69) is 5.10 Å². The lowest BCUT2D eigenvalue weighted by molar-refractivity contribution is -0.126. The van der Waals surface area contributed by atoms with E-state index in [1.165, 1.54) is 12.1 Å². The number of rotatable bonds is 5. The number of nitrogens with zero attached hydrogens (tertiary/aromatic N) is 3. The predicted molar refractivity (Wildman–Crippen MR) is 136 cm³/mol. The number of benzene rings is 3. The largest absolute Gasteiger partial charge is 0.369 e. The van der Waals surface area contributed by atoms with Gasteiger partial charge in [-0.3, -0.25) is 9.59 Å². The van der Waals surface area contributed by atoms with Crippen molar-refractivity contribution in [3.05, 3.63) is 89.3 Å². The zero-order valence-corrected chi connectivity index (χ0v) is 20.3. The molecule has 6 rings (SSSR count). The van der Waals surface area contributed by atoms with E-state index < -0.39 is 17.4 Å². The summed E-state index contributed by atoms with van der Waals surface area (Å²) in [5.74, 6) is -1.44. The number of hydrogen-bond acceptors (Lipinski definition) is 3. The SMILES string of the molecule is C[C@@H]1C(=O)N(c2ccc3c(cnn3-c3ccc(F)cc3)c2)[C@@H](c2ccccc2Cl)[C@@H]1C1(C(N)=O)CC1. The molecule has 0 radical (unpaired) electrons. The van der Waals surface area contributed by atoms with Crippen molar-refractivity contribution in [3.8, 4) is 5.69 Å². The molecule has 2 fully saturated rings. The molecular formula is C28H24ClFN4O2. The number of anilines is 1. The Morgan fingerprint density at radius 3 is 2.44 bits per heavy atom. The first-order valence-electron chi connectivity index (χ1n) is 11.9. The van der Waals surface area contributed by atoms with Crippen LogP contribution in [0.1, 0.15) is 31.4 Å². The van der Waals surface area contributed by atoms with E-state index in [9.17, 15) is 14.0 Å². The molecule has 2 heterocycles. The van der Waals surface area contributed by atoms with Gasteiger partial charge in [-0.2, -0.15) is 5.10 Å². The summed E-state index contributed by atoms with van der Waals surface area (Å²) in [5.41, 5.74) is 8.23. The molecule has 3 atom stereocenters. The monoisotopic (exact) mass is 502 g/mol. The molecule has 0 spiro atoms. The molecule has 3 aromatic carbocycles. The molecule has 2 N–H and O–H groups in total. The lowest BCUT2D eigenvalue weighted by Gasteiger charge is -2.33. The molecular weight excluding hydrogens is 479 g/mol. The van der Waals surface area contributed by atoms with Crippen LogP contribution in [0, 0.1) is 23.1 Å². The summed E-state index contributed by atoms with van der Waals surface area (Å²) in [7, 11) is 0. The average molecular weight is 503 g/mol. The lowest BCUT2D eigenvalue weighted by Crippen LogP contribution is -2.37.